The first-order valence-corrected chi connectivity index (χ1v) is 44.5. The number of hydrogen-bond donors (Lipinski definition) is 18. The average molecular weight is 1850 g/mol. The van der Waals surface area contributed by atoms with Crippen LogP contribution in [-0.2, 0) is 125 Å². The van der Waals surface area contributed by atoms with Gasteiger partial charge in [0.05, 0.1) is 78.0 Å². The Labute approximate surface area is 761 Å². The van der Waals surface area contributed by atoms with Crippen LogP contribution in [0, 0.1) is 11.9 Å². The molecule has 0 radical (unpaired) electrons. The van der Waals surface area contributed by atoms with E-state index in [1.54, 1.807) is 74.1 Å². The number of phenolic OH excluding ortho intramolecular Hbond substituents is 1. The van der Waals surface area contributed by atoms with Crippen LogP contribution in [0.2, 0.25) is 0 Å². The number of carbonyl (C=O) groups excluding carboxylic acids is 14. The molecule has 44 heteroatoms. The molecular formula is C87H123FN22O20S. The number of phenols is 1. The number of nitrogens with zero attached hydrogens (tertiary/aromatic N) is 5. The summed E-state index contributed by atoms with van der Waals surface area (Å²) in [6.07, 6.45) is 9.14. The SMILES string of the molecule is CCCC[C@H](NC(=O)[C@H](Cc1cccs1)NC(=O)[C@H](Cc1cnc[nH]1)NC(=O)CCNC(=O)[C@@H](NC(=O)[C@H](C)NC(=O)[C@H](Cc1c[nH]c2ccccc12)NC(=O)[C@H](CCC(N)=O)NC(=O)[C@@H](Cc1ccc(O)cc1)NC(=O)CNC(=O)[C@H](CCCCNC(=O)CCOCCOCCOCCOCCN)NC(=O)Cn1cc(CCCCOc2cccnc2[18F])nn1)C(C)C)C(N)=O. The van der Waals surface area contributed by atoms with Gasteiger partial charge in [0.2, 0.25) is 82.7 Å². The molecule has 0 saturated heterocycles. The lowest BCUT2D eigenvalue weighted by Crippen LogP contribution is -2.60. The highest BCUT2D eigenvalue weighted by Gasteiger charge is 2.36. The maximum Gasteiger partial charge on any atom is 0.255 e. The predicted molar refractivity (Wildman–Crippen MR) is 476 cm³/mol. The number of carbonyl (C=O) groups is 14. The van der Waals surface area contributed by atoms with Gasteiger partial charge in [0.15, 0.2) is 5.75 Å². The van der Waals surface area contributed by atoms with E-state index in [1.165, 1.54) is 72.0 Å². The molecule has 2 aromatic carbocycles. The smallest absolute Gasteiger partial charge is 0.255 e. The molecule has 0 fully saturated rings. The van der Waals surface area contributed by atoms with Crippen LogP contribution >= 0.6 is 11.3 Å². The second-order valence-corrected chi connectivity index (χ2v) is 32.2. The molecule has 42 nitrogen and oxygen atoms in total. The third-order valence-corrected chi connectivity index (χ3v) is 21.2. The first-order chi connectivity index (χ1) is 63.1. The fraction of sp³-hybridized carbons (Fsp3) is 0.517. The quantitative estimate of drug-likeness (QED) is 0.0168. The molecule has 0 aliphatic carbocycles. The van der Waals surface area contributed by atoms with Gasteiger partial charge in [0.25, 0.3) is 5.95 Å². The molecule has 14 amide bonds. The van der Waals surface area contributed by atoms with Gasteiger partial charge in [0, 0.05) is 111 Å². The number of nitrogens with one attached hydrogen (secondary N) is 14. The number of fused-ring (bicyclic) bond motifs is 1. The highest BCUT2D eigenvalue weighted by atomic mass is 32.1. The second-order valence-electron chi connectivity index (χ2n) is 31.2. The minimum Gasteiger partial charge on any atom is -0.508 e. The summed E-state index contributed by atoms with van der Waals surface area (Å²) >= 11 is 1.34. The van der Waals surface area contributed by atoms with Crippen molar-refractivity contribution in [2.75, 3.05) is 85.6 Å². The first kappa shape index (κ1) is 105. The minimum absolute atomic E-state index is 0.00213. The van der Waals surface area contributed by atoms with Crippen LogP contribution < -0.4 is 85.7 Å². The number of ether oxygens (including phenoxy) is 5. The number of aromatic nitrogens is 7. The van der Waals surface area contributed by atoms with Crippen LogP contribution in [0.15, 0.2) is 109 Å². The molecule has 0 saturated carbocycles. The fourth-order valence-electron chi connectivity index (χ4n) is 13.3. The van der Waals surface area contributed by atoms with E-state index in [4.69, 9.17) is 40.9 Å². The number of nitrogens with two attached hydrogens (primary N) is 3. The van der Waals surface area contributed by atoms with Crippen molar-refractivity contribution < 1.29 is 100 Å². The van der Waals surface area contributed by atoms with Crippen LogP contribution in [0.3, 0.4) is 0 Å². The lowest BCUT2D eigenvalue weighted by Gasteiger charge is -2.27. The summed E-state index contributed by atoms with van der Waals surface area (Å²) in [6, 6.07) is 6.91. The van der Waals surface area contributed by atoms with E-state index in [2.05, 4.69) is 94.0 Å². The number of rotatable bonds is 65. The van der Waals surface area contributed by atoms with Gasteiger partial charge in [-0.05, 0) is 117 Å². The summed E-state index contributed by atoms with van der Waals surface area (Å²) in [7, 11) is 0. The van der Waals surface area contributed by atoms with Gasteiger partial charge in [0.1, 0.15) is 66.7 Å². The maximum absolute atomic E-state index is 14.9. The van der Waals surface area contributed by atoms with E-state index in [0.717, 1.165) is 11.3 Å². The third kappa shape index (κ3) is 39.5. The Morgan fingerprint density at radius 3 is 1.84 bits per heavy atom. The molecule has 7 aromatic rings. The van der Waals surface area contributed by atoms with Crippen LogP contribution in [0.1, 0.15) is 132 Å². The molecule has 0 unspecified atom stereocenters. The van der Waals surface area contributed by atoms with Gasteiger partial charge < -0.3 is 120 Å². The predicted octanol–water partition coefficient (Wildman–Crippen LogP) is -0.540. The molecule has 714 valence electrons. The number of primary amides is 2. The van der Waals surface area contributed by atoms with E-state index in [-0.39, 0.29) is 121 Å². The number of hydrogen-bond acceptors (Lipinski definition) is 26. The van der Waals surface area contributed by atoms with E-state index < -0.39 is 162 Å². The molecular weight excluding hydrogens is 1720 g/mol. The number of para-hydroxylation sites is 1. The van der Waals surface area contributed by atoms with Crippen molar-refractivity contribution in [3.05, 3.63) is 143 Å². The second kappa shape index (κ2) is 57.9. The Morgan fingerprint density at radius 2 is 1.18 bits per heavy atom. The van der Waals surface area contributed by atoms with Crippen LogP contribution in [0.4, 0.5) is 4.39 Å². The van der Waals surface area contributed by atoms with Crippen molar-refractivity contribution in [3.8, 4) is 11.5 Å². The number of halogens is 1. The Hall–Kier alpha value is -12.9. The van der Waals surface area contributed by atoms with Gasteiger partial charge in [-0.15, -0.1) is 16.4 Å². The highest BCUT2D eigenvalue weighted by molar-refractivity contribution is 7.09. The number of aryl methyl sites for hydroxylation is 1. The molecule has 0 bridgehead atoms. The third-order valence-electron chi connectivity index (χ3n) is 20.3. The van der Waals surface area contributed by atoms with Crippen molar-refractivity contribution >= 4 is 105 Å². The summed E-state index contributed by atoms with van der Waals surface area (Å²) < 4.78 is 42.4. The number of amides is 14. The zero-order chi connectivity index (χ0) is 94.8. The van der Waals surface area contributed by atoms with E-state index in [9.17, 15) is 76.6 Å². The average Bonchev–Trinajstić information content (AvgIpc) is 1.72. The summed E-state index contributed by atoms with van der Waals surface area (Å²) in [5.74, 6) is -12.5. The van der Waals surface area contributed by atoms with Crippen molar-refractivity contribution in [3.63, 3.8) is 0 Å². The number of pyridine rings is 1. The zero-order valence-corrected chi connectivity index (χ0v) is 74.9. The lowest BCUT2D eigenvalue weighted by molar-refractivity contribution is -0.135. The molecule has 7 rings (SSSR count). The molecule has 5 heterocycles. The summed E-state index contributed by atoms with van der Waals surface area (Å²) in [5.41, 5.74) is 19.2. The Balaban J connectivity index is 0.983. The number of benzene rings is 2. The van der Waals surface area contributed by atoms with E-state index in [1.807, 2.05) is 6.92 Å². The molecule has 5 aromatic heterocycles. The molecule has 131 heavy (non-hydrogen) atoms. The normalized spacial score (nSPS) is 13.3. The monoisotopic (exact) mass is 1850 g/mol. The topological polar surface area (TPSA) is 616 Å². The van der Waals surface area contributed by atoms with Crippen molar-refractivity contribution in [1.82, 2.24) is 98.7 Å². The number of aromatic hydroxyl groups is 1. The van der Waals surface area contributed by atoms with E-state index in [0.29, 0.717) is 105 Å². The first-order valence-electron chi connectivity index (χ1n) is 43.6. The summed E-state index contributed by atoms with van der Waals surface area (Å²) in [6.45, 7) is 8.48. The van der Waals surface area contributed by atoms with Gasteiger partial charge in [-0.3, -0.25) is 67.1 Å². The largest absolute Gasteiger partial charge is 0.508 e. The molecule has 0 spiro atoms. The number of H-pyrrole nitrogens is 2. The number of aromatic amines is 2. The molecule has 0 aliphatic rings. The van der Waals surface area contributed by atoms with E-state index >= 15 is 0 Å². The Kier molecular flexibility index (Phi) is 46.5. The summed E-state index contributed by atoms with van der Waals surface area (Å²) in [5, 5.41) is 52.7. The van der Waals surface area contributed by atoms with Crippen LogP contribution in [-0.4, -0.2) is 263 Å². The standard InChI is InChI=1S/C87H123FN22O20S/c1-5-6-18-64(79(91)117)103-86(124)70(47-61-16-14-43-131-61)106-85(123)69(46-59-49-92-53-98-59)101-74(114)28-33-95-87(125)77(54(2)3)107-80(118)55(4)99-83(121)68(45-57-48-96-63-19-8-7-17-62(57)63)105-82(120)66(26-27-72(90)112)104-84(122)67(44-56-22-24-60(111)25-23-56)102-75(115)50-97-81(119)65(20-9-11-31-93-73(113)29-35-126-37-39-128-41-42-129-40-38-127-36-30-89)100-76(116)52-110-51-58(108-109-110)15-10-12-34-130-71-21-13-32-94-78(71)88/h7-8,13-14,16-17,19,21-25,32,43,48-49,51,53-55,64-70,77,96,111H,5-6,9-12,15,18,20,26-31,33-42,44-47,50,52,89H2,1-4H3,(H2,90,112)(H2,91,117)(H,92,98)(H,93,113)(H,95,125)(H,97,119)(H,99,121)(H,100,116)(H,101,114)(H,102,115)(H,103,124)(H,104,122)(H,105,120)(H,106,123)(H,107,118)/t55-,64-,65-,66-,67+,68-,69-,70-,77-/m0/s1/i88-1. The number of thiophene rings is 1. The fourth-order valence-corrected chi connectivity index (χ4v) is 14.0. The number of imidazole rings is 1. The van der Waals surface area contributed by atoms with Gasteiger partial charge in [-0.2, -0.15) is 4.39 Å². The summed E-state index contributed by atoms with van der Waals surface area (Å²) in [4.78, 5) is 208. The number of unbranched alkanes of at least 4 members (excludes halogenated alkanes) is 3. The molecule has 0 aliphatic heterocycles. The van der Waals surface area contributed by atoms with Crippen LogP contribution in [0.25, 0.3) is 10.9 Å². The molecule has 9 atom stereocenters. The van der Waals surface area contributed by atoms with Gasteiger partial charge in [-0.1, -0.05) is 75.2 Å². The zero-order valence-electron chi connectivity index (χ0n) is 74.0. The van der Waals surface area contributed by atoms with Crippen molar-refractivity contribution in [2.24, 2.45) is 23.1 Å². The highest BCUT2D eigenvalue weighted by Crippen LogP contribution is 2.22. The lowest BCUT2D eigenvalue weighted by atomic mass is 10.0. The van der Waals surface area contributed by atoms with Crippen LogP contribution in [0.5, 0.6) is 11.5 Å². The Morgan fingerprint density at radius 1 is 0.542 bits per heavy atom. The van der Waals surface area contributed by atoms with Gasteiger partial charge in [-0.25, -0.2) is 14.6 Å². The van der Waals surface area contributed by atoms with Crippen molar-refractivity contribution in [1.29, 1.82) is 0 Å². The van der Waals surface area contributed by atoms with Crippen molar-refractivity contribution in [2.45, 2.75) is 198 Å². The van der Waals surface area contributed by atoms with Gasteiger partial charge >= 0.3 is 0 Å². The minimum atomic E-state index is -1.68. The molecule has 21 N–H and O–H groups in total. The maximum atomic E-state index is 14.9. The Bertz CT molecular complexity index is 4770.